The van der Waals surface area contributed by atoms with Gasteiger partial charge in [0.2, 0.25) is 0 Å². The molecule has 0 fully saturated rings. The van der Waals surface area contributed by atoms with Gasteiger partial charge in [0.05, 0.1) is 0 Å². The van der Waals surface area contributed by atoms with Gasteiger partial charge in [-0.25, -0.2) is 0 Å². The molecule has 0 heterocycles. The summed E-state index contributed by atoms with van der Waals surface area (Å²) in [5.74, 6) is -2.65. The predicted octanol–water partition coefficient (Wildman–Crippen LogP) is 9.60. The van der Waals surface area contributed by atoms with Crippen LogP contribution < -0.4 is 0 Å². The van der Waals surface area contributed by atoms with E-state index in [1.807, 2.05) is 0 Å². The molecule has 0 aliphatic carbocycles. The number of hydrogen-bond acceptors (Lipinski definition) is 8. The second-order valence-electron chi connectivity index (χ2n) is 11.8. The van der Waals surface area contributed by atoms with E-state index in [0.29, 0.717) is 8.87 Å². The average Bonchev–Trinajstić information content (AvgIpc) is 3.01. The van der Waals surface area contributed by atoms with Gasteiger partial charge >= 0.3 is 280 Å². The van der Waals surface area contributed by atoms with Gasteiger partial charge in [0.1, 0.15) is 0 Å². The molecule has 0 amide bonds. The Morgan fingerprint density at radius 2 is 0.667 bits per heavy atom. The van der Waals surface area contributed by atoms with Crippen LogP contribution in [-0.4, -0.2) is 56.3 Å². The summed E-state index contributed by atoms with van der Waals surface area (Å²) in [4.78, 5) is 49.4. The maximum atomic E-state index is 12.9. The molecule has 0 rings (SSSR count). The van der Waals surface area contributed by atoms with Crippen molar-refractivity contribution in [3.8, 4) is 0 Å². The summed E-state index contributed by atoms with van der Waals surface area (Å²) in [6, 6.07) is 0. The molecule has 0 aromatic carbocycles. The third-order valence-electron chi connectivity index (χ3n) is 7.68. The fraction of sp³-hybridized carbons (Fsp3) is 0.778. The van der Waals surface area contributed by atoms with Gasteiger partial charge < -0.3 is 0 Å². The minimum absolute atomic E-state index is 0.198. The van der Waals surface area contributed by atoms with Gasteiger partial charge in [-0.05, 0) is 0 Å². The van der Waals surface area contributed by atoms with Crippen molar-refractivity contribution < 1.29 is 34.8 Å². The zero-order valence-electron chi connectivity index (χ0n) is 29.0. The van der Waals surface area contributed by atoms with Gasteiger partial charge in [0.15, 0.2) is 0 Å². The van der Waals surface area contributed by atoms with E-state index in [2.05, 4.69) is 13.8 Å². The normalized spacial score (nSPS) is 11.6. The van der Waals surface area contributed by atoms with Crippen LogP contribution in [0.2, 0.25) is 8.87 Å². The number of esters is 2. The van der Waals surface area contributed by atoms with Crippen LogP contribution >= 0.6 is 0 Å². The first-order chi connectivity index (χ1) is 21.8. The van der Waals surface area contributed by atoms with E-state index in [9.17, 15) is 19.2 Å². The van der Waals surface area contributed by atoms with Crippen molar-refractivity contribution in [2.45, 2.75) is 165 Å². The summed E-state index contributed by atoms with van der Waals surface area (Å²) in [6.45, 7) is 8.22. The number of ether oxygens (including phenoxy) is 2. The molecule has 0 unspecified atom stereocenters. The SMILES string of the molecule is CCCCCCCCCCC[CH2][Sn]([CH2]CCCCCCCCCCC)([O]C(=O)C=CC(=O)OCC)[O]C(=O)C=CC(=O)OCC. The first-order valence-corrected chi connectivity index (χ1v) is 24.3. The molecule has 9 heteroatoms. The van der Waals surface area contributed by atoms with Crippen LogP contribution in [0.4, 0.5) is 0 Å². The van der Waals surface area contributed by atoms with Crippen LogP contribution in [-0.2, 0) is 34.8 Å². The quantitative estimate of drug-likeness (QED) is 0.0310. The molecule has 0 aromatic rings. The van der Waals surface area contributed by atoms with E-state index >= 15 is 0 Å². The summed E-state index contributed by atoms with van der Waals surface area (Å²) in [6.07, 6.45) is 27.5. The molecule has 0 bridgehead atoms. The van der Waals surface area contributed by atoms with Crippen LogP contribution in [0.25, 0.3) is 0 Å². The third kappa shape index (κ3) is 27.0. The van der Waals surface area contributed by atoms with Crippen LogP contribution in [0, 0.1) is 0 Å². The molecular weight excluding hydrogens is 679 g/mol. The van der Waals surface area contributed by atoms with E-state index in [0.717, 1.165) is 75.7 Å². The van der Waals surface area contributed by atoms with Crippen molar-refractivity contribution >= 4 is 43.1 Å². The van der Waals surface area contributed by atoms with Crippen molar-refractivity contribution in [1.82, 2.24) is 0 Å². The minimum atomic E-state index is -4.35. The number of unbranched alkanes of at least 4 members (excludes halogenated alkanes) is 18. The summed E-state index contributed by atoms with van der Waals surface area (Å²) >= 11 is -4.35. The third-order valence-corrected chi connectivity index (χ3v) is 17.3. The van der Waals surface area contributed by atoms with Gasteiger partial charge in [-0.2, -0.15) is 0 Å². The van der Waals surface area contributed by atoms with Crippen LogP contribution in [0.15, 0.2) is 24.3 Å². The molecule has 0 aromatic heterocycles. The Bertz CT molecular complexity index is 771. The van der Waals surface area contributed by atoms with Crippen molar-refractivity contribution in [1.29, 1.82) is 0 Å². The van der Waals surface area contributed by atoms with E-state index in [1.165, 1.54) is 77.0 Å². The topological polar surface area (TPSA) is 105 Å². The first-order valence-electron chi connectivity index (χ1n) is 18.0. The zero-order chi connectivity index (χ0) is 33.4. The molecule has 0 radical (unpaired) electrons. The Balaban J connectivity index is 5.42. The number of carbonyl (C=O) groups is 4. The van der Waals surface area contributed by atoms with Gasteiger partial charge in [-0.15, -0.1) is 0 Å². The molecule has 0 aliphatic rings. The Kier molecular flexibility index (Phi) is 29.5. The maximum absolute atomic E-state index is 12.9. The summed E-state index contributed by atoms with van der Waals surface area (Å²) < 4.78 is 22.9. The van der Waals surface area contributed by atoms with Crippen molar-refractivity contribution in [2.75, 3.05) is 13.2 Å². The Hall–Kier alpha value is -1.84. The fourth-order valence-corrected chi connectivity index (χ4v) is 14.2. The van der Waals surface area contributed by atoms with Gasteiger partial charge in [-0.1, -0.05) is 0 Å². The molecule has 260 valence electrons. The molecule has 0 spiro atoms. The van der Waals surface area contributed by atoms with Gasteiger partial charge in [0, 0.05) is 0 Å². The van der Waals surface area contributed by atoms with Crippen LogP contribution in [0.1, 0.15) is 156 Å². The second-order valence-corrected chi connectivity index (χ2v) is 21.0. The number of rotatable bonds is 30. The van der Waals surface area contributed by atoms with Crippen molar-refractivity contribution in [3.05, 3.63) is 24.3 Å². The molecule has 0 saturated carbocycles. The van der Waals surface area contributed by atoms with Crippen LogP contribution in [0.5, 0.6) is 0 Å². The van der Waals surface area contributed by atoms with E-state index in [-0.39, 0.29) is 13.2 Å². The average molecular weight is 744 g/mol. The Morgan fingerprint density at radius 3 is 0.956 bits per heavy atom. The standard InChI is InChI=1S/2C12H25.2C6H8O4.Sn/c2*1-3-5-7-9-11-12-10-8-6-4-2;2*1-2-10-6(9)4-3-5(7)8;/h2*1,3-12H2,2H3;2*3-4H,2H2,1H3,(H,7,8);/q;;;;+2/p-2. The zero-order valence-corrected chi connectivity index (χ0v) is 31.9. The summed E-state index contributed by atoms with van der Waals surface area (Å²) in [7, 11) is 0. The van der Waals surface area contributed by atoms with Gasteiger partial charge in [0.25, 0.3) is 0 Å². The predicted molar refractivity (Wildman–Crippen MR) is 183 cm³/mol. The molecule has 0 atom stereocenters. The van der Waals surface area contributed by atoms with Crippen molar-refractivity contribution in [3.63, 3.8) is 0 Å². The fourth-order valence-electron chi connectivity index (χ4n) is 5.20. The molecule has 0 N–H and O–H groups in total. The monoisotopic (exact) mass is 744 g/mol. The molecule has 45 heavy (non-hydrogen) atoms. The molecule has 0 aliphatic heterocycles. The summed E-state index contributed by atoms with van der Waals surface area (Å²) in [5, 5.41) is 0. The number of hydrogen-bond donors (Lipinski definition) is 0. The first kappa shape index (κ1) is 43.2. The molecular formula is C36H64O8Sn. The molecule has 0 saturated heterocycles. The van der Waals surface area contributed by atoms with E-state index in [4.69, 9.17) is 15.6 Å². The second kappa shape index (κ2) is 30.8. The summed E-state index contributed by atoms with van der Waals surface area (Å²) in [5.41, 5.74) is 0. The Morgan fingerprint density at radius 1 is 0.400 bits per heavy atom. The van der Waals surface area contributed by atoms with E-state index < -0.39 is 43.1 Å². The van der Waals surface area contributed by atoms with Crippen LogP contribution in [0.3, 0.4) is 0 Å². The molecule has 8 nitrogen and oxygen atoms in total. The van der Waals surface area contributed by atoms with Crippen molar-refractivity contribution in [2.24, 2.45) is 0 Å². The van der Waals surface area contributed by atoms with Gasteiger partial charge in [-0.3, -0.25) is 0 Å². The Labute approximate surface area is 279 Å². The van der Waals surface area contributed by atoms with E-state index in [1.54, 1.807) is 13.8 Å². The number of carbonyl (C=O) groups excluding carboxylic acids is 4.